The first kappa shape index (κ1) is 20.2. The molecule has 0 fully saturated rings. The standard InChI is InChI=1S/C21H18N4O6/c1-30-21(29)18-17(25(23-22-18)11-13-8-9-14(12-26)31-13)7-4-10-24-19(27)15-5-2-3-6-16(15)20(24)28/h2-3,5-6,8-9,12H,4,7,10-11H2,1H3. The third-order valence-corrected chi connectivity index (χ3v) is 4.99. The first-order valence-electron chi connectivity index (χ1n) is 9.53. The number of benzene rings is 1. The van der Waals surface area contributed by atoms with Crippen LogP contribution in [0.2, 0.25) is 0 Å². The molecule has 0 unspecified atom stereocenters. The van der Waals surface area contributed by atoms with Gasteiger partial charge in [0.2, 0.25) is 0 Å². The zero-order valence-corrected chi connectivity index (χ0v) is 16.6. The van der Waals surface area contributed by atoms with Crippen molar-refractivity contribution in [3.8, 4) is 0 Å². The van der Waals surface area contributed by atoms with Crippen LogP contribution in [0.15, 0.2) is 40.8 Å². The highest BCUT2D eigenvalue weighted by molar-refractivity contribution is 6.21. The van der Waals surface area contributed by atoms with Crippen LogP contribution in [0.25, 0.3) is 0 Å². The number of nitrogens with zero attached hydrogens (tertiary/aromatic N) is 4. The van der Waals surface area contributed by atoms with Crippen LogP contribution in [0.5, 0.6) is 0 Å². The van der Waals surface area contributed by atoms with E-state index in [1.165, 1.54) is 22.8 Å². The molecule has 0 N–H and O–H groups in total. The summed E-state index contributed by atoms with van der Waals surface area (Å²) in [7, 11) is 1.24. The van der Waals surface area contributed by atoms with Crippen molar-refractivity contribution in [1.82, 2.24) is 19.9 Å². The fourth-order valence-electron chi connectivity index (χ4n) is 3.50. The van der Waals surface area contributed by atoms with Crippen molar-refractivity contribution in [3.63, 3.8) is 0 Å². The minimum Gasteiger partial charge on any atom is -0.464 e. The van der Waals surface area contributed by atoms with Crippen LogP contribution in [-0.4, -0.2) is 57.6 Å². The van der Waals surface area contributed by atoms with E-state index in [1.807, 2.05) is 0 Å². The van der Waals surface area contributed by atoms with Gasteiger partial charge in [-0.3, -0.25) is 19.3 Å². The van der Waals surface area contributed by atoms with E-state index in [-0.39, 0.29) is 36.4 Å². The number of carbonyl (C=O) groups is 4. The third-order valence-electron chi connectivity index (χ3n) is 4.99. The Labute approximate surface area is 176 Å². The third kappa shape index (κ3) is 3.75. The van der Waals surface area contributed by atoms with Crippen molar-refractivity contribution in [2.75, 3.05) is 13.7 Å². The van der Waals surface area contributed by atoms with Crippen molar-refractivity contribution in [1.29, 1.82) is 0 Å². The molecule has 1 aliphatic rings. The molecule has 3 heterocycles. The minimum atomic E-state index is -0.644. The van der Waals surface area contributed by atoms with Crippen LogP contribution in [-0.2, 0) is 17.7 Å². The number of methoxy groups -OCH3 is 1. The summed E-state index contributed by atoms with van der Waals surface area (Å²) in [6, 6.07) is 9.84. The first-order chi connectivity index (χ1) is 15.0. The second kappa shape index (κ2) is 8.34. The van der Waals surface area contributed by atoms with Gasteiger partial charge in [-0.1, -0.05) is 17.3 Å². The molecule has 10 heteroatoms. The number of furan rings is 1. The molecule has 31 heavy (non-hydrogen) atoms. The number of rotatable bonds is 8. The van der Waals surface area contributed by atoms with Gasteiger partial charge in [0.1, 0.15) is 12.3 Å². The Kier molecular flexibility index (Phi) is 5.44. The molecule has 2 amide bonds. The maximum atomic E-state index is 12.5. The number of amides is 2. The van der Waals surface area contributed by atoms with Gasteiger partial charge >= 0.3 is 5.97 Å². The predicted molar refractivity (Wildman–Crippen MR) is 105 cm³/mol. The summed E-state index contributed by atoms with van der Waals surface area (Å²) in [5.41, 5.74) is 1.30. The summed E-state index contributed by atoms with van der Waals surface area (Å²) < 4.78 is 11.6. The van der Waals surface area contributed by atoms with Crippen LogP contribution in [0.3, 0.4) is 0 Å². The average molecular weight is 422 g/mol. The number of carbonyl (C=O) groups excluding carboxylic acids is 4. The van der Waals surface area contributed by atoms with Crippen molar-refractivity contribution < 1.29 is 28.3 Å². The lowest BCUT2D eigenvalue weighted by Gasteiger charge is -2.14. The van der Waals surface area contributed by atoms with Gasteiger partial charge in [-0.25, -0.2) is 9.48 Å². The van der Waals surface area contributed by atoms with Crippen molar-refractivity contribution in [3.05, 3.63) is 70.4 Å². The number of esters is 1. The summed E-state index contributed by atoms with van der Waals surface area (Å²) in [5, 5.41) is 7.90. The number of aldehydes is 1. The number of imide groups is 1. The summed E-state index contributed by atoms with van der Waals surface area (Å²) in [4.78, 5) is 49.2. The number of fused-ring (bicyclic) bond motifs is 1. The monoisotopic (exact) mass is 422 g/mol. The number of hydrogen-bond donors (Lipinski definition) is 0. The predicted octanol–water partition coefficient (Wildman–Crippen LogP) is 1.75. The molecular formula is C21H18N4O6. The van der Waals surface area contributed by atoms with E-state index in [0.717, 1.165) is 0 Å². The molecule has 158 valence electrons. The van der Waals surface area contributed by atoms with Gasteiger partial charge in [-0.15, -0.1) is 5.10 Å². The number of hydrogen-bond acceptors (Lipinski definition) is 8. The lowest BCUT2D eigenvalue weighted by Crippen LogP contribution is -2.31. The SMILES string of the molecule is COC(=O)c1nnn(Cc2ccc(C=O)o2)c1CCCN1C(=O)c2ccccc2C1=O. The van der Waals surface area contributed by atoms with Gasteiger partial charge in [-0.2, -0.15) is 0 Å². The van der Waals surface area contributed by atoms with Gasteiger partial charge < -0.3 is 9.15 Å². The van der Waals surface area contributed by atoms with E-state index in [2.05, 4.69) is 10.3 Å². The van der Waals surface area contributed by atoms with Crippen LogP contribution < -0.4 is 0 Å². The molecule has 10 nitrogen and oxygen atoms in total. The number of aromatic nitrogens is 3. The maximum Gasteiger partial charge on any atom is 0.360 e. The maximum absolute atomic E-state index is 12.5. The Hall–Kier alpha value is -4.08. The molecule has 0 atom stereocenters. The lowest BCUT2D eigenvalue weighted by molar-refractivity contribution is 0.0588. The molecule has 0 bridgehead atoms. The van der Waals surface area contributed by atoms with E-state index in [1.54, 1.807) is 30.3 Å². The number of ether oxygens (including phenoxy) is 1. The van der Waals surface area contributed by atoms with Crippen molar-refractivity contribution >= 4 is 24.1 Å². The molecule has 0 spiro atoms. The molecule has 4 rings (SSSR count). The average Bonchev–Trinajstić information content (AvgIpc) is 3.47. The highest BCUT2D eigenvalue weighted by atomic mass is 16.5. The van der Waals surface area contributed by atoms with Gasteiger partial charge in [-0.05, 0) is 37.1 Å². The molecule has 1 aliphatic heterocycles. The Morgan fingerprint density at radius 1 is 1.13 bits per heavy atom. The zero-order valence-electron chi connectivity index (χ0n) is 16.6. The first-order valence-corrected chi connectivity index (χ1v) is 9.53. The molecular weight excluding hydrogens is 404 g/mol. The summed E-state index contributed by atoms with van der Waals surface area (Å²) >= 11 is 0. The van der Waals surface area contributed by atoms with Gasteiger partial charge in [0, 0.05) is 6.54 Å². The van der Waals surface area contributed by atoms with Gasteiger partial charge in [0.15, 0.2) is 17.7 Å². The molecule has 0 radical (unpaired) electrons. The second-order valence-electron chi connectivity index (χ2n) is 6.87. The molecule has 0 saturated heterocycles. The Balaban J connectivity index is 1.50. The summed E-state index contributed by atoms with van der Waals surface area (Å²) in [5.74, 6) is -0.676. The molecule has 1 aromatic carbocycles. The largest absolute Gasteiger partial charge is 0.464 e. The van der Waals surface area contributed by atoms with Gasteiger partial charge in [0.25, 0.3) is 11.8 Å². The zero-order chi connectivity index (χ0) is 22.0. The van der Waals surface area contributed by atoms with Crippen LogP contribution in [0.1, 0.15) is 59.6 Å². The topological polar surface area (TPSA) is 125 Å². The second-order valence-corrected chi connectivity index (χ2v) is 6.87. The Bertz CT molecular complexity index is 1140. The normalized spacial score (nSPS) is 12.9. The molecule has 3 aromatic rings. The summed E-state index contributed by atoms with van der Waals surface area (Å²) in [6.07, 6.45) is 1.29. The smallest absolute Gasteiger partial charge is 0.360 e. The highest BCUT2D eigenvalue weighted by Gasteiger charge is 2.34. The van der Waals surface area contributed by atoms with Crippen LogP contribution >= 0.6 is 0 Å². The molecule has 0 saturated carbocycles. The molecule has 0 aliphatic carbocycles. The fourth-order valence-corrected chi connectivity index (χ4v) is 3.50. The van der Waals surface area contributed by atoms with E-state index in [9.17, 15) is 19.2 Å². The molecule has 2 aromatic heterocycles. The lowest BCUT2D eigenvalue weighted by atomic mass is 10.1. The summed E-state index contributed by atoms with van der Waals surface area (Å²) in [6.45, 7) is 0.328. The van der Waals surface area contributed by atoms with Crippen molar-refractivity contribution in [2.24, 2.45) is 0 Å². The van der Waals surface area contributed by atoms with E-state index in [0.29, 0.717) is 41.7 Å². The highest BCUT2D eigenvalue weighted by Crippen LogP contribution is 2.23. The quantitative estimate of drug-likeness (QED) is 0.305. The van der Waals surface area contributed by atoms with E-state index < -0.39 is 5.97 Å². The van der Waals surface area contributed by atoms with E-state index >= 15 is 0 Å². The Morgan fingerprint density at radius 3 is 2.45 bits per heavy atom. The van der Waals surface area contributed by atoms with Crippen molar-refractivity contribution in [2.45, 2.75) is 19.4 Å². The van der Waals surface area contributed by atoms with Crippen LogP contribution in [0.4, 0.5) is 0 Å². The van der Waals surface area contributed by atoms with Crippen LogP contribution in [0, 0.1) is 0 Å². The minimum absolute atomic E-state index is 0.0482. The Morgan fingerprint density at radius 2 is 1.84 bits per heavy atom. The fraction of sp³-hybridized carbons (Fsp3) is 0.238. The van der Waals surface area contributed by atoms with Gasteiger partial charge in [0.05, 0.1) is 23.9 Å². The van der Waals surface area contributed by atoms with E-state index in [4.69, 9.17) is 9.15 Å².